The highest BCUT2D eigenvalue weighted by molar-refractivity contribution is 5.76. The number of anilines is 1. The number of hydrogen-bond acceptors (Lipinski definition) is 3. The van der Waals surface area contributed by atoms with Crippen LogP contribution in [0.4, 0.5) is 19.3 Å². The Balaban J connectivity index is 1.96. The fourth-order valence-electron chi connectivity index (χ4n) is 2.22. The van der Waals surface area contributed by atoms with Crippen molar-refractivity contribution in [2.45, 2.75) is 18.9 Å². The molecule has 0 fully saturated rings. The molecule has 0 aromatic heterocycles. The molecule has 0 aliphatic carbocycles. The number of halogens is 2. The van der Waals surface area contributed by atoms with E-state index in [0.29, 0.717) is 12.8 Å². The summed E-state index contributed by atoms with van der Waals surface area (Å²) in [7, 11) is 0. The molecule has 4 N–H and O–H groups in total. The number of aliphatic hydroxyl groups is 1. The third kappa shape index (κ3) is 4.92. The van der Waals surface area contributed by atoms with E-state index in [-0.39, 0.29) is 18.3 Å². The lowest BCUT2D eigenvalue weighted by Gasteiger charge is -2.20. The first-order chi connectivity index (χ1) is 11.6. The van der Waals surface area contributed by atoms with Crippen LogP contribution < -0.4 is 16.2 Å². The van der Waals surface area contributed by atoms with E-state index in [4.69, 9.17) is 5.11 Å². The van der Waals surface area contributed by atoms with Crippen LogP contribution in [0, 0.1) is 11.6 Å². The summed E-state index contributed by atoms with van der Waals surface area (Å²) in [4.78, 5) is 12.0. The molecule has 1 unspecified atom stereocenters. The molecule has 0 heterocycles. The first-order valence-corrected chi connectivity index (χ1v) is 7.54. The lowest BCUT2D eigenvalue weighted by molar-refractivity contribution is 0.235. The van der Waals surface area contributed by atoms with E-state index in [1.807, 2.05) is 30.3 Å². The monoisotopic (exact) mass is 335 g/mol. The van der Waals surface area contributed by atoms with Crippen LogP contribution in [0.15, 0.2) is 48.5 Å². The van der Waals surface area contributed by atoms with E-state index in [0.717, 1.165) is 11.6 Å². The molecule has 0 bridgehead atoms. The summed E-state index contributed by atoms with van der Waals surface area (Å²) in [5.74, 6) is -2.08. The molecule has 128 valence electrons. The number of urea groups is 1. The number of carbonyl (C=O) groups excluding carboxylic acids is 1. The molecule has 2 rings (SSSR count). The molecule has 2 aromatic carbocycles. The quantitative estimate of drug-likeness (QED) is 0.588. The van der Waals surface area contributed by atoms with Crippen molar-refractivity contribution in [2.24, 2.45) is 0 Å². The number of hydrazine groups is 1. The fraction of sp³-hybridized carbons (Fsp3) is 0.235. The van der Waals surface area contributed by atoms with Gasteiger partial charge in [0.25, 0.3) is 0 Å². The Morgan fingerprint density at radius 2 is 1.83 bits per heavy atom. The highest BCUT2D eigenvalue weighted by Crippen LogP contribution is 2.18. The van der Waals surface area contributed by atoms with E-state index in [1.165, 1.54) is 12.1 Å². The number of amides is 2. The van der Waals surface area contributed by atoms with Gasteiger partial charge in [-0.2, -0.15) is 0 Å². The number of nitrogens with one attached hydrogen (secondary N) is 3. The zero-order valence-electron chi connectivity index (χ0n) is 12.9. The molecule has 0 radical (unpaired) electrons. The molecular weight excluding hydrogens is 316 g/mol. The first kappa shape index (κ1) is 17.7. The molecule has 24 heavy (non-hydrogen) atoms. The van der Waals surface area contributed by atoms with E-state index in [9.17, 15) is 13.6 Å². The summed E-state index contributed by atoms with van der Waals surface area (Å²) < 4.78 is 26.6. The van der Waals surface area contributed by atoms with Gasteiger partial charge in [0.05, 0.1) is 11.7 Å². The number of carbonyl (C=O) groups is 1. The molecule has 0 spiro atoms. The Morgan fingerprint density at radius 1 is 1.08 bits per heavy atom. The molecular formula is C17H19F2N3O2. The van der Waals surface area contributed by atoms with Gasteiger partial charge in [-0.05, 0) is 30.5 Å². The second kappa shape index (κ2) is 8.83. The van der Waals surface area contributed by atoms with Gasteiger partial charge >= 0.3 is 6.03 Å². The molecule has 0 aliphatic heterocycles. The van der Waals surface area contributed by atoms with Crippen molar-refractivity contribution in [1.29, 1.82) is 0 Å². The van der Waals surface area contributed by atoms with Crippen molar-refractivity contribution < 1.29 is 18.7 Å². The zero-order chi connectivity index (χ0) is 17.4. The summed E-state index contributed by atoms with van der Waals surface area (Å²) >= 11 is 0. The topological polar surface area (TPSA) is 73.4 Å². The van der Waals surface area contributed by atoms with Gasteiger partial charge in [0.15, 0.2) is 11.6 Å². The Morgan fingerprint density at radius 3 is 2.54 bits per heavy atom. The maximum Gasteiger partial charge on any atom is 0.333 e. The maximum atomic E-state index is 13.5. The highest BCUT2D eigenvalue weighted by atomic mass is 19.2. The molecule has 2 amide bonds. The molecule has 1 atom stereocenters. The zero-order valence-corrected chi connectivity index (χ0v) is 12.9. The van der Waals surface area contributed by atoms with Gasteiger partial charge in [0.2, 0.25) is 0 Å². The summed E-state index contributed by atoms with van der Waals surface area (Å²) in [5.41, 5.74) is 5.33. The minimum Gasteiger partial charge on any atom is -0.396 e. The van der Waals surface area contributed by atoms with Gasteiger partial charge in [0, 0.05) is 6.61 Å². The van der Waals surface area contributed by atoms with Crippen molar-refractivity contribution in [2.75, 3.05) is 12.0 Å². The summed E-state index contributed by atoms with van der Waals surface area (Å²) in [6.07, 6.45) is 1.06. The van der Waals surface area contributed by atoms with Crippen LogP contribution in [0.5, 0.6) is 0 Å². The standard InChI is InChI=1S/C17H19F2N3O2/c18-13-8-4-9-15(16(13)19)21-22-17(24)20-14(10-5-11-23)12-6-2-1-3-7-12/h1-4,6-9,14,21,23H,5,10-11H2,(H2,20,22,24). The Bertz CT molecular complexity index is 668. The van der Waals surface area contributed by atoms with E-state index in [1.54, 1.807) is 0 Å². The lowest BCUT2D eigenvalue weighted by atomic mass is 10.0. The van der Waals surface area contributed by atoms with Crippen molar-refractivity contribution in [3.63, 3.8) is 0 Å². The third-order valence-corrected chi connectivity index (χ3v) is 3.42. The summed E-state index contributed by atoms with van der Waals surface area (Å²) in [5, 5.41) is 11.7. The largest absolute Gasteiger partial charge is 0.396 e. The van der Waals surface area contributed by atoms with E-state index in [2.05, 4.69) is 16.2 Å². The number of aliphatic hydroxyl groups excluding tert-OH is 1. The Kier molecular flexibility index (Phi) is 6.51. The van der Waals surface area contributed by atoms with Crippen molar-refractivity contribution >= 4 is 11.7 Å². The van der Waals surface area contributed by atoms with Crippen LogP contribution in [0.2, 0.25) is 0 Å². The first-order valence-electron chi connectivity index (χ1n) is 7.54. The highest BCUT2D eigenvalue weighted by Gasteiger charge is 2.14. The maximum absolute atomic E-state index is 13.5. The van der Waals surface area contributed by atoms with Gasteiger partial charge in [0.1, 0.15) is 0 Å². The van der Waals surface area contributed by atoms with Crippen LogP contribution in [-0.2, 0) is 0 Å². The van der Waals surface area contributed by atoms with E-state index < -0.39 is 17.7 Å². The Hall–Kier alpha value is -2.67. The van der Waals surface area contributed by atoms with Crippen molar-refractivity contribution in [3.8, 4) is 0 Å². The van der Waals surface area contributed by atoms with Gasteiger partial charge in [-0.1, -0.05) is 36.4 Å². The van der Waals surface area contributed by atoms with Crippen LogP contribution >= 0.6 is 0 Å². The van der Waals surface area contributed by atoms with Crippen LogP contribution in [-0.4, -0.2) is 17.7 Å². The van der Waals surface area contributed by atoms with Gasteiger partial charge in [-0.25, -0.2) is 13.6 Å². The van der Waals surface area contributed by atoms with Crippen LogP contribution in [0.3, 0.4) is 0 Å². The normalized spacial score (nSPS) is 11.6. The molecule has 0 aliphatic rings. The molecule has 7 heteroatoms. The molecule has 0 saturated heterocycles. The minimum absolute atomic E-state index is 0.0133. The Labute approximate surface area is 138 Å². The molecule has 5 nitrogen and oxygen atoms in total. The fourth-order valence-corrected chi connectivity index (χ4v) is 2.22. The van der Waals surface area contributed by atoms with Gasteiger partial charge in [-0.15, -0.1) is 0 Å². The van der Waals surface area contributed by atoms with Crippen LogP contribution in [0.25, 0.3) is 0 Å². The van der Waals surface area contributed by atoms with Crippen molar-refractivity contribution in [3.05, 3.63) is 65.7 Å². The molecule has 2 aromatic rings. The van der Waals surface area contributed by atoms with Crippen LogP contribution in [0.1, 0.15) is 24.4 Å². The van der Waals surface area contributed by atoms with Gasteiger partial charge < -0.3 is 10.4 Å². The van der Waals surface area contributed by atoms with E-state index >= 15 is 0 Å². The number of benzene rings is 2. The SMILES string of the molecule is O=C(NNc1cccc(F)c1F)NC(CCCO)c1ccccc1. The van der Waals surface area contributed by atoms with Gasteiger partial charge in [-0.3, -0.25) is 10.9 Å². The third-order valence-electron chi connectivity index (χ3n) is 3.42. The average molecular weight is 335 g/mol. The predicted molar refractivity (Wildman–Crippen MR) is 87.2 cm³/mol. The second-order valence-electron chi connectivity index (χ2n) is 5.15. The van der Waals surface area contributed by atoms with Crippen molar-refractivity contribution in [1.82, 2.24) is 10.7 Å². The lowest BCUT2D eigenvalue weighted by Crippen LogP contribution is -2.41. The number of hydrogen-bond donors (Lipinski definition) is 4. The average Bonchev–Trinajstić information content (AvgIpc) is 2.60. The predicted octanol–water partition coefficient (Wildman–Crippen LogP) is 3.10. The second-order valence-corrected chi connectivity index (χ2v) is 5.15. The number of rotatable bonds is 7. The summed E-state index contributed by atoms with van der Waals surface area (Å²) in [6.45, 7) is 0.0133. The smallest absolute Gasteiger partial charge is 0.333 e. The molecule has 0 saturated carbocycles. The minimum atomic E-state index is -1.07. The summed E-state index contributed by atoms with van der Waals surface area (Å²) in [6, 6.07) is 12.0.